The number of halogens is 1. The predicted molar refractivity (Wildman–Crippen MR) is 55.5 cm³/mol. The van der Waals surface area contributed by atoms with E-state index < -0.39 is 0 Å². The molecule has 1 aromatic heterocycles. The largest absolute Gasteiger partial charge is 0.340 e. The van der Waals surface area contributed by atoms with Gasteiger partial charge < -0.3 is 9.84 Å². The zero-order valence-corrected chi connectivity index (χ0v) is 8.92. The highest BCUT2D eigenvalue weighted by Gasteiger charge is 1.99. The van der Waals surface area contributed by atoms with Gasteiger partial charge in [0, 0.05) is 32.3 Å². The summed E-state index contributed by atoms with van der Waals surface area (Å²) in [6.07, 6.45) is 4.69. The van der Waals surface area contributed by atoms with Crippen LogP contribution < -0.4 is 5.32 Å². The molecule has 0 aliphatic carbocycles. The van der Waals surface area contributed by atoms with E-state index in [4.69, 9.17) is 16.1 Å². The van der Waals surface area contributed by atoms with E-state index in [1.165, 1.54) is 0 Å². The Bertz CT molecular complexity index is 285. The summed E-state index contributed by atoms with van der Waals surface area (Å²) in [5.41, 5.74) is 0. The first-order chi connectivity index (χ1) is 6.83. The fraction of sp³-hybridized carbons (Fsp3) is 0.556. The molecule has 78 valence electrons. The van der Waals surface area contributed by atoms with Crippen molar-refractivity contribution in [3.63, 3.8) is 0 Å². The quantitative estimate of drug-likeness (QED) is 0.442. The molecular formula is C9H14ClN3O. The van der Waals surface area contributed by atoms with Gasteiger partial charge in [-0.2, -0.15) is 4.98 Å². The third kappa shape index (κ3) is 4.39. The average Bonchev–Trinajstić information content (AvgIpc) is 2.58. The zero-order chi connectivity index (χ0) is 10.2. The molecular weight excluding hydrogens is 202 g/mol. The van der Waals surface area contributed by atoms with Crippen molar-refractivity contribution in [2.75, 3.05) is 19.0 Å². The van der Waals surface area contributed by atoms with Crippen LogP contribution in [-0.2, 0) is 6.42 Å². The summed E-state index contributed by atoms with van der Waals surface area (Å²) in [5, 5.41) is 7.00. The molecule has 0 aliphatic rings. The van der Waals surface area contributed by atoms with Gasteiger partial charge in [0.2, 0.25) is 5.89 Å². The lowest BCUT2D eigenvalue weighted by Gasteiger charge is -1.96. The Labute approximate surface area is 88.3 Å². The Balaban J connectivity index is 2.07. The Kier molecular flexibility index (Phi) is 5.25. The molecule has 5 heteroatoms. The molecule has 1 heterocycles. The maximum absolute atomic E-state index is 5.47. The lowest BCUT2D eigenvalue weighted by Crippen LogP contribution is -2.17. The van der Waals surface area contributed by atoms with Crippen molar-refractivity contribution < 1.29 is 4.52 Å². The minimum atomic E-state index is 0.561. The standard InChI is InChI=1S/C9H14ClN3O/c1-8-12-9(13-14-8)4-7-11-6-3-2-5-10/h2-3,11H,4-7H2,1H3/b3-2+. The number of hydrogen-bond acceptors (Lipinski definition) is 4. The van der Waals surface area contributed by atoms with Crippen molar-refractivity contribution in [1.82, 2.24) is 15.5 Å². The van der Waals surface area contributed by atoms with Gasteiger partial charge in [0.05, 0.1) is 0 Å². The molecule has 14 heavy (non-hydrogen) atoms. The minimum absolute atomic E-state index is 0.561. The van der Waals surface area contributed by atoms with Crippen molar-refractivity contribution >= 4 is 11.6 Å². The van der Waals surface area contributed by atoms with Crippen LogP contribution in [0.2, 0.25) is 0 Å². The van der Waals surface area contributed by atoms with Crippen LogP contribution in [0.1, 0.15) is 11.7 Å². The molecule has 0 amide bonds. The third-order valence-corrected chi connectivity index (χ3v) is 1.79. The number of rotatable bonds is 6. The van der Waals surface area contributed by atoms with Crippen LogP contribution in [0.25, 0.3) is 0 Å². The van der Waals surface area contributed by atoms with E-state index in [0.717, 1.165) is 25.3 Å². The van der Waals surface area contributed by atoms with Crippen LogP contribution in [0.5, 0.6) is 0 Å². The first-order valence-corrected chi connectivity index (χ1v) is 5.07. The highest BCUT2D eigenvalue weighted by atomic mass is 35.5. The monoisotopic (exact) mass is 215 g/mol. The average molecular weight is 216 g/mol. The summed E-state index contributed by atoms with van der Waals surface area (Å²) in [7, 11) is 0. The summed E-state index contributed by atoms with van der Waals surface area (Å²) in [6.45, 7) is 3.45. The first kappa shape index (κ1) is 11.2. The Hall–Kier alpha value is -0.870. The minimum Gasteiger partial charge on any atom is -0.340 e. The van der Waals surface area contributed by atoms with Crippen LogP contribution in [0, 0.1) is 6.92 Å². The maximum Gasteiger partial charge on any atom is 0.223 e. The van der Waals surface area contributed by atoms with Gasteiger partial charge in [-0.05, 0) is 0 Å². The van der Waals surface area contributed by atoms with Crippen LogP contribution in [-0.4, -0.2) is 29.1 Å². The van der Waals surface area contributed by atoms with E-state index in [9.17, 15) is 0 Å². The lowest BCUT2D eigenvalue weighted by molar-refractivity contribution is 0.387. The molecule has 1 N–H and O–H groups in total. The molecule has 0 atom stereocenters. The van der Waals surface area contributed by atoms with Gasteiger partial charge in [-0.25, -0.2) is 0 Å². The smallest absolute Gasteiger partial charge is 0.223 e. The SMILES string of the molecule is Cc1nc(CCNC/C=C/CCl)no1. The van der Waals surface area contributed by atoms with E-state index >= 15 is 0 Å². The summed E-state index contributed by atoms with van der Waals surface area (Å²) >= 11 is 5.47. The molecule has 0 unspecified atom stereocenters. The lowest BCUT2D eigenvalue weighted by atomic mass is 10.4. The van der Waals surface area contributed by atoms with Crippen molar-refractivity contribution in [2.45, 2.75) is 13.3 Å². The van der Waals surface area contributed by atoms with Gasteiger partial charge in [-0.3, -0.25) is 0 Å². The highest BCUT2D eigenvalue weighted by Crippen LogP contribution is 1.94. The fourth-order valence-corrected chi connectivity index (χ4v) is 1.10. The van der Waals surface area contributed by atoms with E-state index in [-0.39, 0.29) is 0 Å². The number of hydrogen-bond donors (Lipinski definition) is 1. The van der Waals surface area contributed by atoms with E-state index in [2.05, 4.69) is 15.5 Å². The Morgan fingerprint density at radius 3 is 3.00 bits per heavy atom. The van der Waals surface area contributed by atoms with Gasteiger partial charge in [-0.15, -0.1) is 11.6 Å². The normalized spacial score (nSPS) is 11.3. The van der Waals surface area contributed by atoms with E-state index in [1.54, 1.807) is 6.92 Å². The number of allylic oxidation sites excluding steroid dienone is 1. The summed E-state index contributed by atoms with van der Waals surface area (Å²) in [6, 6.07) is 0. The maximum atomic E-state index is 5.47. The van der Waals surface area contributed by atoms with Crippen molar-refractivity contribution in [3.05, 3.63) is 23.9 Å². The molecule has 4 nitrogen and oxygen atoms in total. The van der Waals surface area contributed by atoms with Gasteiger partial charge in [0.25, 0.3) is 0 Å². The predicted octanol–water partition coefficient (Wildman–Crippen LogP) is 1.31. The molecule has 0 spiro atoms. The van der Waals surface area contributed by atoms with Crippen LogP contribution in [0.15, 0.2) is 16.7 Å². The topological polar surface area (TPSA) is 51.0 Å². The highest BCUT2D eigenvalue weighted by molar-refractivity contribution is 6.18. The van der Waals surface area contributed by atoms with E-state index in [1.807, 2.05) is 12.2 Å². The third-order valence-electron chi connectivity index (χ3n) is 1.61. The number of aromatic nitrogens is 2. The Morgan fingerprint density at radius 2 is 2.36 bits per heavy atom. The van der Waals surface area contributed by atoms with Crippen molar-refractivity contribution in [1.29, 1.82) is 0 Å². The molecule has 0 saturated carbocycles. The van der Waals surface area contributed by atoms with Gasteiger partial charge in [-0.1, -0.05) is 17.3 Å². The van der Waals surface area contributed by atoms with Crippen molar-refractivity contribution in [2.24, 2.45) is 0 Å². The summed E-state index contributed by atoms with van der Waals surface area (Å²) < 4.78 is 4.84. The second-order valence-electron chi connectivity index (χ2n) is 2.81. The second kappa shape index (κ2) is 6.56. The molecule has 0 aromatic carbocycles. The number of nitrogens with zero attached hydrogens (tertiary/aromatic N) is 2. The molecule has 0 aliphatic heterocycles. The Morgan fingerprint density at radius 1 is 1.50 bits per heavy atom. The second-order valence-corrected chi connectivity index (χ2v) is 3.12. The van der Waals surface area contributed by atoms with Gasteiger partial charge in [0.15, 0.2) is 5.82 Å². The van der Waals surface area contributed by atoms with Crippen molar-refractivity contribution in [3.8, 4) is 0 Å². The molecule has 0 bridgehead atoms. The zero-order valence-electron chi connectivity index (χ0n) is 8.16. The van der Waals surface area contributed by atoms with E-state index in [0.29, 0.717) is 11.8 Å². The number of alkyl halides is 1. The summed E-state index contributed by atoms with van der Waals surface area (Å²) in [4.78, 5) is 4.09. The molecule has 0 radical (unpaired) electrons. The van der Waals surface area contributed by atoms with Crippen LogP contribution >= 0.6 is 11.6 Å². The number of nitrogens with one attached hydrogen (secondary N) is 1. The summed E-state index contributed by atoms with van der Waals surface area (Å²) in [5.74, 6) is 1.92. The molecule has 1 aromatic rings. The first-order valence-electron chi connectivity index (χ1n) is 4.54. The fourth-order valence-electron chi connectivity index (χ4n) is 0.975. The number of aryl methyl sites for hydroxylation is 1. The van der Waals surface area contributed by atoms with Gasteiger partial charge >= 0.3 is 0 Å². The molecule has 0 fully saturated rings. The van der Waals surface area contributed by atoms with Gasteiger partial charge in [0.1, 0.15) is 0 Å². The molecule has 1 rings (SSSR count). The van der Waals surface area contributed by atoms with Crippen LogP contribution in [0.3, 0.4) is 0 Å². The van der Waals surface area contributed by atoms with Crippen LogP contribution in [0.4, 0.5) is 0 Å². The molecule has 0 saturated heterocycles.